The Morgan fingerprint density at radius 3 is 1.48 bits per heavy atom. The molecule has 0 spiro atoms. The zero-order chi connectivity index (χ0) is 15.6. The Balaban J connectivity index is 2.25. The molecular formula is C14H10O7. The number of aromatic hydroxyl groups is 4. The smallest absolute Gasteiger partial charge is 0.349 e. The van der Waals surface area contributed by atoms with Crippen molar-refractivity contribution in [2.45, 2.75) is 0 Å². The first kappa shape index (κ1) is 14.2. The fourth-order valence-electron chi connectivity index (χ4n) is 1.59. The number of carbonyl (C=O) groups is 2. The molecule has 0 saturated heterocycles. The van der Waals surface area contributed by atoms with Crippen LogP contribution in [0.15, 0.2) is 36.4 Å². The summed E-state index contributed by atoms with van der Waals surface area (Å²) >= 11 is 0. The van der Waals surface area contributed by atoms with Gasteiger partial charge in [-0.2, -0.15) is 0 Å². The summed E-state index contributed by atoms with van der Waals surface area (Å²) in [6.07, 6.45) is 0. The van der Waals surface area contributed by atoms with Crippen LogP contribution in [0.5, 0.6) is 23.0 Å². The number of para-hydroxylation sites is 2. The fraction of sp³-hybridized carbons (Fsp3) is 0. The van der Waals surface area contributed by atoms with Gasteiger partial charge < -0.3 is 25.2 Å². The van der Waals surface area contributed by atoms with Gasteiger partial charge in [-0.15, -0.1) is 0 Å². The normalized spacial score (nSPS) is 10.1. The number of hydrogen-bond acceptors (Lipinski definition) is 7. The van der Waals surface area contributed by atoms with Crippen LogP contribution in [0.4, 0.5) is 0 Å². The third-order valence-electron chi connectivity index (χ3n) is 2.65. The highest BCUT2D eigenvalue weighted by Gasteiger charge is 2.22. The molecule has 0 saturated carbocycles. The predicted octanol–water partition coefficient (Wildman–Crippen LogP) is 1.51. The van der Waals surface area contributed by atoms with Crippen LogP contribution in [0.25, 0.3) is 0 Å². The van der Waals surface area contributed by atoms with Gasteiger partial charge in [-0.3, -0.25) is 0 Å². The highest BCUT2D eigenvalue weighted by molar-refractivity contribution is 6.05. The van der Waals surface area contributed by atoms with Crippen molar-refractivity contribution >= 4 is 11.9 Å². The van der Waals surface area contributed by atoms with Crippen molar-refractivity contribution in [3.63, 3.8) is 0 Å². The van der Waals surface area contributed by atoms with E-state index < -0.39 is 46.1 Å². The molecule has 2 rings (SSSR count). The predicted molar refractivity (Wildman–Crippen MR) is 69.3 cm³/mol. The van der Waals surface area contributed by atoms with Gasteiger partial charge in [0.1, 0.15) is 11.1 Å². The number of hydrogen-bond donors (Lipinski definition) is 4. The van der Waals surface area contributed by atoms with E-state index in [4.69, 9.17) is 0 Å². The lowest BCUT2D eigenvalue weighted by Gasteiger charge is -2.07. The first-order chi connectivity index (χ1) is 9.91. The lowest BCUT2D eigenvalue weighted by atomic mass is 10.1. The van der Waals surface area contributed by atoms with Crippen molar-refractivity contribution in [2.24, 2.45) is 0 Å². The number of ether oxygens (including phenoxy) is 1. The molecule has 0 aromatic heterocycles. The molecule has 7 heteroatoms. The van der Waals surface area contributed by atoms with Gasteiger partial charge in [0.15, 0.2) is 23.0 Å². The van der Waals surface area contributed by atoms with Crippen molar-refractivity contribution < 1.29 is 34.8 Å². The second-order valence-corrected chi connectivity index (χ2v) is 4.02. The average Bonchev–Trinajstić information content (AvgIpc) is 2.44. The van der Waals surface area contributed by atoms with Crippen molar-refractivity contribution in [1.82, 2.24) is 0 Å². The van der Waals surface area contributed by atoms with E-state index in [1.807, 2.05) is 0 Å². The summed E-state index contributed by atoms with van der Waals surface area (Å²) in [4.78, 5) is 23.5. The van der Waals surface area contributed by atoms with E-state index in [1.165, 1.54) is 12.1 Å². The number of phenols is 4. The average molecular weight is 290 g/mol. The Labute approximate surface area is 118 Å². The maximum absolute atomic E-state index is 11.7. The molecule has 0 radical (unpaired) electrons. The van der Waals surface area contributed by atoms with Gasteiger partial charge in [0.2, 0.25) is 0 Å². The molecule has 0 aliphatic heterocycles. The van der Waals surface area contributed by atoms with Gasteiger partial charge in [0, 0.05) is 0 Å². The van der Waals surface area contributed by atoms with Crippen LogP contribution in [0.3, 0.4) is 0 Å². The van der Waals surface area contributed by atoms with Crippen LogP contribution in [0, 0.1) is 0 Å². The van der Waals surface area contributed by atoms with E-state index in [9.17, 15) is 30.0 Å². The van der Waals surface area contributed by atoms with E-state index in [0.717, 1.165) is 24.3 Å². The molecule has 4 N–H and O–H groups in total. The van der Waals surface area contributed by atoms with E-state index in [0.29, 0.717) is 0 Å². The van der Waals surface area contributed by atoms with Crippen LogP contribution >= 0.6 is 0 Å². The third-order valence-corrected chi connectivity index (χ3v) is 2.65. The third kappa shape index (κ3) is 2.71. The van der Waals surface area contributed by atoms with Gasteiger partial charge in [0.05, 0.1) is 0 Å². The van der Waals surface area contributed by atoms with Crippen molar-refractivity contribution in [2.75, 3.05) is 0 Å². The molecule has 0 aliphatic carbocycles. The highest BCUT2D eigenvalue weighted by Crippen LogP contribution is 2.31. The quantitative estimate of drug-likeness (QED) is 0.375. The molecule has 0 heterocycles. The number of carbonyl (C=O) groups excluding carboxylic acids is 2. The minimum atomic E-state index is -1.21. The largest absolute Gasteiger partial charge is 0.504 e. The maximum atomic E-state index is 11.7. The fourth-order valence-corrected chi connectivity index (χ4v) is 1.59. The Morgan fingerprint density at radius 2 is 1.10 bits per heavy atom. The summed E-state index contributed by atoms with van der Waals surface area (Å²) in [5.74, 6) is -4.97. The minimum Gasteiger partial charge on any atom is -0.504 e. The zero-order valence-corrected chi connectivity index (χ0v) is 10.5. The van der Waals surface area contributed by atoms with Crippen LogP contribution in [-0.2, 0) is 4.74 Å². The van der Waals surface area contributed by atoms with Gasteiger partial charge in [-0.05, 0) is 24.3 Å². The van der Waals surface area contributed by atoms with Crippen LogP contribution in [0.1, 0.15) is 20.7 Å². The molecule has 0 amide bonds. The number of rotatable bonds is 2. The lowest BCUT2D eigenvalue weighted by Crippen LogP contribution is -2.13. The van der Waals surface area contributed by atoms with E-state index in [-0.39, 0.29) is 0 Å². The second-order valence-electron chi connectivity index (χ2n) is 4.02. The molecule has 2 aromatic carbocycles. The number of esters is 2. The molecule has 2 aromatic rings. The molecule has 0 unspecified atom stereocenters. The van der Waals surface area contributed by atoms with Crippen LogP contribution in [0.2, 0.25) is 0 Å². The molecule has 108 valence electrons. The molecule has 0 fully saturated rings. The van der Waals surface area contributed by atoms with Gasteiger partial charge in [-0.25, -0.2) is 9.59 Å². The minimum absolute atomic E-state index is 0.414. The van der Waals surface area contributed by atoms with E-state index in [2.05, 4.69) is 4.74 Å². The highest BCUT2D eigenvalue weighted by atomic mass is 16.6. The summed E-state index contributed by atoms with van der Waals surface area (Å²) in [6.45, 7) is 0. The molecule has 7 nitrogen and oxygen atoms in total. The number of phenolic OH excluding ortho intramolecular Hbond substituents is 4. The van der Waals surface area contributed by atoms with Crippen molar-refractivity contribution in [3.05, 3.63) is 47.5 Å². The summed E-state index contributed by atoms with van der Waals surface area (Å²) in [5, 5.41) is 37.5. The molecule has 0 bridgehead atoms. The maximum Gasteiger partial charge on any atom is 0.349 e. The monoisotopic (exact) mass is 290 g/mol. The topological polar surface area (TPSA) is 124 Å². The Hall–Kier alpha value is -3.22. The van der Waals surface area contributed by atoms with Crippen molar-refractivity contribution in [1.29, 1.82) is 0 Å². The summed E-state index contributed by atoms with van der Waals surface area (Å²) < 4.78 is 4.47. The van der Waals surface area contributed by atoms with E-state index >= 15 is 0 Å². The van der Waals surface area contributed by atoms with Gasteiger partial charge >= 0.3 is 11.9 Å². The Bertz CT molecular complexity index is 660. The van der Waals surface area contributed by atoms with E-state index in [1.54, 1.807) is 0 Å². The Morgan fingerprint density at radius 1 is 0.714 bits per heavy atom. The standard InChI is InChI=1S/C14H10O7/c15-9-5-1-3-7(11(9)17)13(19)21-14(20)8-4-2-6-10(16)12(8)18/h1-6,15-18H. The first-order valence-corrected chi connectivity index (χ1v) is 5.70. The van der Waals surface area contributed by atoms with Crippen LogP contribution in [-0.4, -0.2) is 32.4 Å². The lowest BCUT2D eigenvalue weighted by molar-refractivity contribution is 0.0393. The SMILES string of the molecule is O=C(OC(=O)c1cccc(O)c1O)c1cccc(O)c1O. The molecule has 21 heavy (non-hydrogen) atoms. The first-order valence-electron chi connectivity index (χ1n) is 5.70. The van der Waals surface area contributed by atoms with Gasteiger partial charge in [-0.1, -0.05) is 12.1 Å². The summed E-state index contributed by atoms with van der Waals surface area (Å²) in [5.41, 5.74) is -0.828. The summed E-state index contributed by atoms with van der Waals surface area (Å²) in [7, 11) is 0. The zero-order valence-electron chi connectivity index (χ0n) is 10.5. The van der Waals surface area contributed by atoms with Crippen LogP contribution < -0.4 is 0 Å². The van der Waals surface area contributed by atoms with Gasteiger partial charge in [0.25, 0.3) is 0 Å². The molecule has 0 aliphatic rings. The molecule has 0 atom stereocenters. The van der Waals surface area contributed by atoms with Crippen molar-refractivity contribution in [3.8, 4) is 23.0 Å². The summed E-state index contributed by atoms with van der Waals surface area (Å²) in [6, 6.07) is 7.15. The number of benzene rings is 2. The molecular weight excluding hydrogens is 280 g/mol. The second kappa shape index (κ2) is 5.41. The Kier molecular flexibility index (Phi) is 3.66.